The average molecular weight is 214 g/mol. The third-order valence-electron chi connectivity index (χ3n) is 2.64. The highest BCUT2D eigenvalue weighted by atomic mass is 16.1. The molecule has 2 rings (SSSR count). The number of H-pyrrole nitrogens is 1. The van der Waals surface area contributed by atoms with Gasteiger partial charge in [0.15, 0.2) is 0 Å². The van der Waals surface area contributed by atoms with Crippen molar-refractivity contribution in [3.63, 3.8) is 0 Å². The van der Waals surface area contributed by atoms with E-state index in [9.17, 15) is 4.79 Å². The van der Waals surface area contributed by atoms with Gasteiger partial charge in [-0.15, -0.1) is 0 Å². The summed E-state index contributed by atoms with van der Waals surface area (Å²) in [6.45, 7) is 3.73. The van der Waals surface area contributed by atoms with E-state index in [0.717, 1.165) is 23.2 Å². The van der Waals surface area contributed by atoms with E-state index in [1.807, 2.05) is 50.2 Å². The molecule has 0 amide bonds. The molecule has 0 bridgehead atoms. The van der Waals surface area contributed by atoms with Gasteiger partial charge in [-0.25, -0.2) is 0 Å². The number of aromatic amines is 1. The molecular weight excluding hydrogens is 200 g/mol. The Morgan fingerprint density at radius 1 is 1.25 bits per heavy atom. The number of hydrogen-bond acceptors (Lipinski definition) is 2. The van der Waals surface area contributed by atoms with E-state index in [4.69, 9.17) is 0 Å². The molecule has 3 heteroatoms. The molecule has 1 aromatic heterocycles. The highest BCUT2D eigenvalue weighted by Gasteiger charge is 2.22. The van der Waals surface area contributed by atoms with Crippen molar-refractivity contribution in [3.8, 4) is 11.3 Å². The summed E-state index contributed by atoms with van der Waals surface area (Å²) in [7, 11) is 0. The Morgan fingerprint density at radius 2 is 1.94 bits per heavy atom. The van der Waals surface area contributed by atoms with Crippen LogP contribution in [-0.4, -0.2) is 16.5 Å². The molecule has 2 aromatic rings. The average Bonchev–Trinajstić information content (AvgIpc) is 2.80. The molecular formula is C13H14N2O. The number of benzene rings is 1. The second-order valence-corrected chi connectivity index (χ2v) is 4.37. The summed E-state index contributed by atoms with van der Waals surface area (Å²) in [6.07, 6.45) is 0.926. The Morgan fingerprint density at radius 3 is 2.56 bits per heavy atom. The number of hydrogen-bond donors (Lipinski definition) is 1. The Labute approximate surface area is 94.5 Å². The van der Waals surface area contributed by atoms with Crippen LogP contribution in [0.25, 0.3) is 11.3 Å². The molecule has 3 nitrogen and oxygen atoms in total. The standard InChI is InChI=1S/C13H14N2O/c1-13(2,9-16)12-8-11(14-15-12)10-6-4-3-5-7-10/h3-9H,1-2H3,(H,14,15). The Hall–Kier alpha value is -1.90. The fraction of sp³-hybridized carbons (Fsp3) is 0.231. The molecule has 0 fully saturated rings. The molecule has 0 spiro atoms. The smallest absolute Gasteiger partial charge is 0.131 e. The van der Waals surface area contributed by atoms with E-state index >= 15 is 0 Å². The maximum Gasteiger partial charge on any atom is 0.131 e. The lowest BCUT2D eigenvalue weighted by atomic mass is 9.91. The maximum absolute atomic E-state index is 10.9. The summed E-state index contributed by atoms with van der Waals surface area (Å²) in [4.78, 5) is 10.9. The highest BCUT2D eigenvalue weighted by molar-refractivity contribution is 5.68. The first kappa shape index (κ1) is 10.6. The molecule has 0 aliphatic rings. The van der Waals surface area contributed by atoms with Crippen LogP contribution in [0.5, 0.6) is 0 Å². The van der Waals surface area contributed by atoms with Crippen molar-refractivity contribution in [1.82, 2.24) is 10.2 Å². The highest BCUT2D eigenvalue weighted by Crippen LogP contribution is 2.23. The minimum Gasteiger partial charge on any atom is -0.302 e. The minimum absolute atomic E-state index is 0.514. The molecule has 0 saturated carbocycles. The molecule has 0 atom stereocenters. The van der Waals surface area contributed by atoms with Crippen molar-refractivity contribution >= 4 is 6.29 Å². The van der Waals surface area contributed by atoms with Gasteiger partial charge in [-0.1, -0.05) is 30.3 Å². The molecule has 1 N–H and O–H groups in total. The maximum atomic E-state index is 10.9. The zero-order valence-corrected chi connectivity index (χ0v) is 9.40. The largest absolute Gasteiger partial charge is 0.302 e. The van der Waals surface area contributed by atoms with Crippen LogP contribution in [0.15, 0.2) is 36.4 Å². The molecule has 0 aliphatic heterocycles. The zero-order chi connectivity index (χ0) is 11.6. The monoisotopic (exact) mass is 214 g/mol. The van der Waals surface area contributed by atoms with Gasteiger partial charge >= 0.3 is 0 Å². The summed E-state index contributed by atoms with van der Waals surface area (Å²) in [5.74, 6) is 0. The lowest BCUT2D eigenvalue weighted by Gasteiger charge is -2.12. The van der Waals surface area contributed by atoms with Crippen LogP contribution in [-0.2, 0) is 10.2 Å². The van der Waals surface area contributed by atoms with Gasteiger partial charge in [0.25, 0.3) is 0 Å². The van der Waals surface area contributed by atoms with Crippen LogP contribution in [0, 0.1) is 0 Å². The fourth-order valence-corrected chi connectivity index (χ4v) is 1.47. The van der Waals surface area contributed by atoms with Gasteiger partial charge in [0.05, 0.1) is 11.1 Å². The van der Waals surface area contributed by atoms with Gasteiger partial charge in [-0.05, 0) is 19.9 Å². The molecule has 82 valence electrons. The van der Waals surface area contributed by atoms with Gasteiger partial charge < -0.3 is 4.79 Å². The first-order chi connectivity index (χ1) is 7.63. The number of carbonyl (C=O) groups is 1. The summed E-state index contributed by atoms with van der Waals surface area (Å²) >= 11 is 0. The van der Waals surface area contributed by atoms with Crippen molar-refractivity contribution in [1.29, 1.82) is 0 Å². The number of carbonyl (C=O) groups excluding carboxylic acids is 1. The predicted octanol–water partition coefficient (Wildman–Crippen LogP) is 2.55. The Kier molecular flexibility index (Phi) is 2.60. The van der Waals surface area contributed by atoms with E-state index in [0.29, 0.717) is 0 Å². The third kappa shape index (κ3) is 1.89. The topological polar surface area (TPSA) is 45.8 Å². The predicted molar refractivity (Wildman–Crippen MR) is 63.1 cm³/mol. The molecule has 0 unspecified atom stereocenters. The van der Waals surface area contributed by atoms with Crippen LogP contribution in [0.3, 0.4) is 0 Å². The van der Waals surface area contributed by atoms with Crippen LogP contribution < -0.4 is 0 Å². The van der Waals surface area contributed by atoms with Crippen LogP contribution >= 0.6 is 0 Å². The first-order valence-corrected chi connectivity index (χ1v) is 5.21. The van der Waals surface area contributed by atoms with Crippen molar-refractivity contribution < 1.29 is 4.79 Å². The van der Waals surface area contributed by atoms with E-state index in [1.165, 1.54) is 0 Å². The molecule has 16 heavy (non-hydrogen) atoms. The molecule has 0 aliphatic carbocycles. The molecule has 0 saturated heterocycles. The Balaban J connectivity index is 2.37. The van der Waals surface area contributed by atoms with Gasteiger partial charge in [0.1, 0.15) is 6.29 Å². The molecule has 1 heterocycles. The van der Waals surface area contributed by atoms with Crippen molar-refractivity contribution in [2.45, 2.75) is 19.3 Å². The number of rotatable bonds is 3. The molecule has 0 radical (unpaired) electrons. The number of nitrogens with one attached hydrogen (secondary N) is 1. The third-order valence-corrected chi connectivity index (χ3v) is 2.64. The van der Waals surface area contributed by atoms with E-state index in [2.05, 4.69) is 10.2 Å². The number of nitrogens with zero attached hydrogens (tertiary/aromatic N) is 1. The SMILES string of the molecule is CC(C)(C=O)c1cc(-c2ccccc2)n[nH]1. The first-order valence-electron chi connectivity index (χ1n) is 5.21. The quantitative estimate of drug-likeness (QED) is 0.798. The van der Waals surface area contributed by atoms with Crippen molar-refractivity contribution in [3.05, 3.63) is 42.1 Å². The normalized spacial score (nSPS) is 11.4. The van der Waals surface area contributed by atoms with Gasteiger partial charge in [0, 0.05) is 11.3 Å². The Bertz CT molecular complexity index is 486. The fourth-order valence-electron chi connectivity index (χ4n) is 1.47. The van der Waals surface area contributed by atoms with Gasteiger partial charge in [0.2, 0.25) is 0 Å². The van der Waals surface area contributed by atoms with Crippen molar-refractivity contribution in [2.75, 3.05) is 0 Å². The van der Waals surface area contributed by atoms with E-state index in [1.54, 1.807) is 0 Å². The lowest BCUT2D eigenvalue weighted by Crippen LogP contribution is -2.18. The van der Waals surface area contributed by atoms with Crippen LogP contribution in [0.2, 0.25) is 0 Å². The number of aldehydes is 1. The second kappa shape index (κ2) is 3.93. The zero-order valence-electron chi connectivity index (χ0n) is 9.40. The number of aromatic nitrogens is 2. The second-order valence-electron chi connectivity index (χ2n) is 4.37. The van der Waals surface area contributed by atoms with E-state index in [-0.39, 0.29) is 0 Å². The van der Waals surface area contributed by atoms with Gasteiger partial charge in [-0.3, -0.25) is 5.10 Å². The van der Waals surface area contributed by atoms with Crippen LogP contribution in [0.4, 0.5) is 0 Å². The van der Waals surface area contributed by atoms with E-state index < -0.39 is 5.41 Å². The summed E-state index contributed by atoms with van der Waals surface area (Å²) in [6, 6.07) is 11.8. The summed E-state index contributed by atoms with van der Waals surface area (Å²) < 4.78 is 0. The minimum atomic E-state index is -0.514. The lowest BCUT2D eigenvalue weighted by molar-refractivity contribution is -0.111. The van der Waals surface area contributed by atoms with Crippen molar-refractivity contribution in [2.24, 2.45) is 0 Å². The summed E-state index contributed by atoms with van der Waals surface area (Å²) in [5.41, 5.74) is 2.23. The van der Waals surface area contributed by atoms with Gasteiger partial charge in [-0.2, -0.15) is 5.10 Å². The van der Waals surface area contributed by atoms with Crippen LogP contribution in [0.1, 0.15) is 19.5 Å². The molecule has 1 aromatic carbocycles. The summed E-state index contributed by atoms with van der Waals surface area (Å²) in [5, 5.41) is 7.13.